The van der Waals surface area contributed by atoms with Crippen LogP contribution in [0, 0.1) is 17.6 Å². The number of rotatable bonds is 8. The zero-order chi connectivity index (χ0) is 19.9. The summed E-state index contributed by atoms with van der Waals surface area (Å²) in [5.74, 6) is -1.45. The van der Waals surface area contributed by atoms with Gasteiger partial charge in [0.1, 0.15) is 0 Å². The van der Waals surface area contributed by atoms with E-state index in [2.05, 4.69) is 10.6 Å². The van der Waals surface area contributed by atoms with Crippen LogP contribution in [-0.2, 0) is 16.1 Å². The highest BCUT2D eigenvalue weighted by atomic mass is 19.2. The summed E-state index contributed by atoms with van der Waals surface area (Å²) >= 11 is 0. The summed E-state index contributed by atoms with van der Waals surface area (Å²) in [7, 11) is 0. The van der Waals surface area contributed by atoms with E-state index in [4.69, 9.17) is 0 Å². The second-order valence-electron chi connectivity index (χ2n) is 7.84. The van der Waals surface area contributed by atoms with Crippen molar-refractivity contribution >= 4 is 11.8 Å². The molecule has 1 aliphatic carbocycles. The predicted molar refractivity (Wildman–Crippen MR) is 102 cm³/mol. The summed E-state index contributed by atoms with van der Waals surface area (Å²) < 4.78 is 27.5. The molecule has 1 aliphatic heterocycles. The van der Waals surface area contributed by atoms with Gasteiger partial charge in [-0.05, 0) is 24.8 Å². The Kier molecular flexibility index (Phi) is 7.36. The van der Waals surface area contributed by atoms with Gasteiger partial charge in [-0.3, -0.25) is 14.5 Å². The van der Waals surface area contributed by atoms with Crippen molar-refractivity contribution < 1.29 is 18.4 Å². The molecule has 1 aromatic carbocycles. The van der Waals surface area contributed by atoms with E-state index >= 15 is 0 Å². The van der Waals surface area contributed by atoms with Gasteiger partial charge in [-0.25, -0.2) is 8.78 Å². The number of amides is 2. The minimum Gasteiger partial charge on any atom is -0.356 e. The van der Waals surface area contributed by atoms with Crippen LogP contribution in [0.1, 0.15) is 50.5 Å². The first-order valence-corrected chi connectivity index (χ1v) is 10.3. The fourth-order valence-corrected chi connectivity index (χ4v) is 4.23. The highest BCUT2D eigenvalue weighted by molar-refractivity contribution is 5.88. The van der Waals surface area contributed by atoms with Crippen molar-refractivity contribution in [2.45, 2.75) is 57.5 Å². The van der Waals surface area contributed by atoms with Gasteiger partial charge in [0, 0.05) is 31.7 Å². The molecule has 1 aromatic rings. The predicted octanol–water partition coefficient (Wildman–Crippen LogP) is 2.74. The zero-order valence-corrected chi connectivity index (χ0v) is 16.2. The molecule has 1 atom stereocenters. The van der Waals surface area contributed by atoms with Crippen LogP contribution >= 0.6 is 0 Å². The second kappa shape index (κ2) is 9.96. The normalized spacial score (nSPS) is 20.9. The summed E-state index contributed by atoms with van der Waals surface area (Å²) in [6.07, 6.45) is 7.32. The molecule has 154 valence electrons. The third kappa shape index (κ3) is 5.50. The number of piperazine rings is 1. The Labute approximate surface area is 164 Å². The summed E-state index contributed by atoms with van der Waals surface area (Å²) in [6, 6.07) is 3.35. The summed E-state index contributed by atoms with van der Waals surface area (Å²) in [5, 5.41) is 5.65. The van der Waals surface area contributed by atoms with E-state index in [0.29, 0.717) is 19.6 Å². The smallest absolute Gasteiger partial charge is 0.237 e. The van der Waals surface area contributed by atoms with Gasteiger partial charge in [0.2, 0.25) is 11.8 Å². The van der Waals surface area contributed by atoms with E-state index in [1.807, 2.05) is 0 Å². The molecule has 2 N–H and O–H groups in total. The fraction of sp³-hybridized carbons (Fsp3) is 0.619. The maximum Gasteiger partial charge on any atom is 0.237 e. The molecule has 1 unspecified atom stereocenters. The lowest BCUT2D eigenvalue weighted by Crippen LogP contribution is -2.56. The molecule has 3 rings (SSSR count). The molecule has 2 fully saturated rings. The third-order valence-corrected chi connectivity index (χ3v) is 5.81. The van der Waals surface area contributed by atoms with Crippen LogP contribution in [-0.4, -0.2) is 42.4 Å². The molecular weight excluding hydrogens is 364 g/mol. The lowest BCUT2D eigenvalue weighted by Gasteiger charge is -2.34. The van der Waals surface area contributed by atoms with Gasteiger partial charge in [0.15, 0.2) is 11.6 Å². The highest BCUT2D eigenvalue weighted by Crippen LogP contribution is 2.28. The van der Waals surface area contributed by atoms with Crippen LogP contribution in [0.25, 0.3) is 0 Å². The molecule has 7 heteroatoms. The van der Waals surface area contributed by atoms with Crippen LogP contribution in [0.4, 0.5) is 8.78 Å². The maximum absolute atomic E-state index is 14.0. The van der Waals surface area contributed by atoms with Crippen LogP contribution in [0.3, 0.4) is 0 Å². The first-order chi connectivity index (χ1) is 13.5. The Morgan fingerprint density at radius 1 is 1.25 bits per heavy atom. The minimum atomic E-state index is -0.907. The Bertz CT molecular complexity index is 692. The summed E-state index contributed by atoms with van der Waals surface area (Å²) in [6.45, 7) is 1.62. The average Bonchev–Trinajstić information content (AvgIpc) is 3.19. The van der Waals surface area contributed by atoms with Crippen molar-refractivity contribution in [2.24, 2.45) is 5.92 Å². The van der Waals surface area contributed by atoms with Crippen molar-refractivity contribution in [3.63, 3.8) is 0 Å². The van der Waals surface area contributed by atoms with E-state index < -0.39 is 17.7 Å². The van der Waals surface area contributed by atoms with Gasteiger partial charge in [0.05, 0.1) is 12.5 Å². The van der Waals surface area contributed by atoms with E-state index in [1.165, 1.54) is 37.8 Å². The molecule has 0 aromatic heterocycles. The van der Waals surface area contributed by atoms with Crippen molar-refractivity contribution in [3.05, 3.63) is 35.4 Å². The van der Waals surface area contributed by atoms with Crippen molar-refractivity contribution in [2.75, 3.05) is 19.6 Å². The monoisotopic (exact) mass is 393 g/mol. The third-order valence-electron chi connectivity index (χ3n) is 5.81. The van der Waals surface area contributed by atoms with E-state index in [1.54, 1.807) is 4.90 Å². The number of halogens is 2. The summed E-state index contributed by atoms with van der Waals surface area (Å²) in [5.41, 5.74) is 0.191. The highest BCUT2D eigenvalue weighted by Gasteiger charge is 2.32. The SMILES string of the molecule is O=C(CC1C(=O)NCCN1Cc1cccc(F)c1F)NCCCC1CCCC1. The number of hydrogen-bond donors (Lipinski definition) is 2. The van der Waals surface area contributed by atoms with Gasteiger partial charge in [-0.1, -0.05) is 37.8 Å². The van der Waals surface area contributed by atoms with Crippen molar-refractivity contribution in [1.29, 1.82) is 0 Å². The molecule has 2 amide bonds. The Morgan fingerprint density at radius 2 is 2.04 bits per heavy atom. The molecule has 0 bridgehead atoms. The lowest BCUT2D eigenvalue weighted by atomic mass is 10.0. The number of nitrogens with zero attached hydrogens (tertiary/aromatic N) is 1. The van der Waals surface area contributed by atoms with Crippen LogP contribution in [0.2, 0.25) is 0 Å². The largest absolute Gasteiger partial charge is 0.356 e. The topological polar surface area (TPSA) is 61.4 Å². The first-order valence-electron chi connectivity index (χ1n) is 10.3. The molecule has 1 heterocycles. The van der Waals surface area contributed by atoms with Crippen molar-refractivity contribution in [3.8, 4) is 0 Å². The van der Waals surface area contributed by atoms with Crippen LogP contribution in [0.5, 0.6) is 0 Å². The lowest BCUT2D eigenvalue weighted by molar-refractivity contribution is -0.134. The molecule has 1 saturated heterocycles. The maximum atomic E-state index is 14.0. The Morgan fingerprint density at radius 3 is 2.82 bits per heavy atom. The van der Waals surface area contributed by atoms with Gasteiger partial charge < -0.3 is 10.6 Å². The van der Waals surface area contributed by atoms with Crippen LogP contribution in [0.15, 0.2) is 18.2 Å². The molecule has 5 nitrogen and oxygen atoms in total. The standard InChI is InChI=1S/C21H29F2N3O2/c22-17-9-3-8-16(20(17)23)14-26-12-11-25-21(28)18(26)13-19(27)24-10-4-7-15-5-1-2-6-15/h3,8-9,15,18H,1-2,4-7,10-14H2,(H,24,27)(H,25,28). The molecule has 0 spiro atoms. The summed E-state index contributed by atoms with van der Waals surface area (Å²) in [4.78, 5) is 26.4. The Hall–Kier alpha value is -2.02. The number of nitrogens with one attached hydrogen (secondary N) is 2. The number of carbonyl (C=O) groups is 2. The quantitative estimate of drug-likeness (QED) is 0.668. The molecular formula is C21H29F2N3O2. The van der Waals surface area contributed by atoms with E-state index in [0.717, 1.165) is 24.8 Å². The molecule has 28 heavy (non-hydrogen) atoms. The number of hydrogen-bond acceptors (Lipinski definition) is 3. The molecule has 0 radical (unpaired) electrons. The van der Waals surface area contributed by atoms with Crippen molar-refractivity contribution in [1.82, 2.24) is 15.5 Å². The molecule has 2 aliphatic rings. The second-order valence-corrected chi connectivity index (χ2v) is 7.84. The van der Waals surface area contributed by atoms with Crippen LogP contribution < -0.4 is 10.6 Å². The van der Waals surface area contributed by atoms with Gasteiger partial charge >= 0.3 is 0 Å². The zero-order valence-electron chi connectivity index (χ0n) is 16.2. The average molecular weight is 393 g/mol. The van der Waals surface area contributed by atoms with E-state index in [9.17, 15) is 18.4 Å². The first kappa shape index (κ1) is 20.7. The Balaban J connectivity index is 1.51. The number of carbonyl (C=O) groups excluding carboxylic acids is 2. The van der Waals surface area contributed by atoms with Gasteiger partial charge in [-0.15, -0.1) is 0 Å². The van der Waals surface area contributed by atoms with Gasteiger partial charge in [0.25, 0.3) is 0 Å². The van der Waals surface area contributed by atoms with E-state index in [-0.39, 0.29) is 30.3 Å². The molecule has 1 saturated carbocycles. The number of benzene rings is 1. The minimum absolute atomic E-state index is 0.0200. The van der Waals surface area contributed by atoms with Gasteiger partial charge in [-0.2, -0.15) is 0 Å². The fourth-order valence-electron chi connectivity index (χ4n) is 4.23.